The van der Waals surface area contributed by atoms with E-state index in [0.29, 0.717) is 64.2 Å². The molecule has 10 heteroatoms. The normalized spacial score (nSPS) is 24.7. The minimum absolute atomic E-state index is 0.0467. The highest BCUT2D eigenvalue weighted by molar-refractivity contribution is 5.93. The molecule has 1 unspecified atom stereocenters. The van der Waals surface area contributed by atoms with Crippen LogP contribution in [0.25, 0.3) is 22.7 Å². The number of aromatic hydroxyl groups is 1. The van der Waals surface area contributed by atoms with Gasteiger partial charge in [-0.2, -0.15) is 9.97 Å². The highest BCUT2D eigenvalue weighted by atomic mass is 19.1. The Kier molecular flexibility index (Phi) is 6.58. The van der Waals surface area contributed by atoms with Gasteiger partial charge in [0.25, 0.3) is 0 Å². The van der Waals surface area contributed by atoms with Crippen molar-refractivity contribution in [2.75, 3.05) is 32.1 Å². The molecule has 42 heavy (non-hydrogen) atoms. The van der Waals surface area contributed by atoms with Crippen molar-refractivity contribution < 1.29 is 23.4 Å². The van der Waals surface area contributed by atoms with E-state index in [1.54, 1.807) is 32.2 Å². The SMILES string of the molecule is CC#Cc1c(F)ccc2cc(O)cc(C3C=c4nc(OC[C@@]56CCCN5C[C@H](F)C6)nc(NC5CC5)c4=C(OC)N3)c12. The fraction of sp³-hybridized carbons (Fsp3) is 0.438. The highest BCUT2D eigenvalue weighted by Crippen LogP contribution is 2.40. The number of methoxy groups -OCH3 is 1. The van der Waals surface area contributed by atoms with Gasteiger partial charge < -0.3 is 25.2 Å². The first-order valence-corrected chi connectivity index (χ1v) is 14.5. The third kappa shape index (κ3) is 4.66. The third-order valence-corrected chi connectivity index (χ3v) is 8.78. The molecule has 2 saturated heterocycles. The fourth-order valence-corrected chi connectivity index (χ4v) is 6.73. The third-order valence-electron chi connectivity index (χ3n) is 8.78. The molecule has 3 aliphatic heterocycles. The van der Waals surface area contributed by atoms with Crippen LogP contribution in [0, 0.1) is 17.7 Å². The number of halogens is 2. The van der Waals surface area contributed by atoms with Gasteiger partial charge in [0.05, 0.1) is 29.6 Å². The van der Waals surface area contributed by atoms with Crippen LogP contribution in [-0.2, 0) is 4.74 Å². The van der Waals surface area contributed by atoms with Crippen LogP contribution < -0.4 is 25.9 Å². The Morgan fingerprint density at radius 1 is 1.26 bits per heavy atom. The second kappa shape index (κ2) is 10.3. The smallest absolute Gasteiger partial charge is 0.319 e. The molecule has 7 rings (SSSR count). The molecular weight excluding hydrogens is 540 g/mol. The fourth-order valence-electron chi connectivity index (χ4n) is 6.73. The molecule has 3 aromatic rings. The van der Waals surface area contributed by atoms with Gasteiger partial charge in [-0.15, -0.1) is 5.92 Å². The van der Waals surface area contributed by atoms with Crippen molar-refractivity contribution in [3.63, 3.8) is 0 Å². The topological polar surface area (TPSA) is 91.8 Å². The molecule has 0 radical (unpaired) electrons. The second-order valence-electron chi connectivity index (χ2n) is 11.7. The number of fused-ring (bicyclic) bond motifs is 3. The Balaban J connectivity index is 1.35. The minimum atomic E-state index is -0.853. The van der Waals surface area contributed by atoms with Crippen LogP contribution >= 0.6 is 0 Å². The van der Waals surface area contributed by atoms with Gasteiger partial charge in [0.1, 0.15) is 35.4 Å². The van der Waals surface area contributed by atoms with E-state index in [4.69, 9.17) is 19.4 Å². The van der Waals surface area contributed by atoms with Crippen molar-refractivity contribution in [3.05, 3.63) is 51.8 Å². The van der Waals surface area contributed by atoms with E-state index < -0.39 is 18.0 Å². The second-order valence-corrected chi connectivity index (χ2v) is 11.7. The summed E-state index contributed by atoms with van der Waals surface area (Å²) in [5.74, 6) is 6.35. The van der Waals surface area contributed by atoms with E-state index in [0.717, 1.165) is 32.2 Å². The zero-order valence-electron chi connectivity index (χ0n) is 23.6. The van der Waals surface area contributed by atoms with E-state index in [2.05, 4.69) is 27.4 Å². The first-order chi connectivity index (χ1) is 20.4. The number of rotatable bonds is 7. The quantitative estimate of drug-likeness (QED) is 0.372. The maximum Gasteiger partial charge on any atom is 0.319 e. The molecule has 1 saturated carbocycles. The van der Waals surface area contributed by atoms with E-state index >= 15 is 4.39 Å². The Labute approximate surface area is 242 Å². The summed E-state index contributed by atoms with van der Waals surface area (Å²) in [6, 6.07) is 6.16. The number of ether oxygens (including phenoxy) is 2. The molecule has 218 valence electrons. The van der Waals surface area contributed by atoms with Crippen molar-refractivity contribution in [1.29, 1.82) is 0 Å². The Bertz CT molecular complexity index is 1770. The molecule has 1 aromatic heterocycles. The zero-order valence-corrected chi connectivity index (χ0v) is 23.6. The summed E-state index contributed by atoms with van der Waals surface area (Å²) in [7, 11) is 1.56. The molecule has 3 N–H and O–H groups in total. The number of anilines is 1. The number of aromatic nitrogens is 2. The van der Waals surface area contributed by atoms with E-state index in [1.807, 2.05) is 6.08 Å². The molecule has 3 atom stereocenters. The average Bonchev–Trinajstić information content (AvgIpc) is 3.62. The van der Waals surface area contributed by atoms with E-state index in [1.165, 1.54) is 6.07 Å². The molecule has 8 nitrogen and oxygen atoms in total. The number of hydrogen-bond acceptors (Lipinski definition) is 8. The van der Waals surface area contributed by atoms with Gasteiger partial charge in [-0.3, -0.25) is 4.90 Å². The molecule has 2 aromatic carbocycles. The van der Waals surface area contributed by atoms with Crippen molar-refractivity contribution in [2.24, 2.45) is 0 Å². The monoisotopic (exact) mass is 573 g/mol. The number of benzene rings is 2. The van der Waals surface area contributed by atoms with Crippen molar-refractivity contribution in [1.82, 2.24) is 20.2 Å². The van der Waals surface area contributed by atoms with Gasteiger partial charge >= 0.3 is 6.01 Å². The zero-order chi connectivity index (χ0) is 29.0. The Hall–Kier alpha value is -4.10. The van der Waals surface area contributed by atoms with Crippen molar-refractivity contribution >= 4 is 28.5 Å². The van der Waals surface area contributed by atoms with Crippen LogP contribution in [0.15, 0.2) is 24.3 Å². The van der Waals surface area contributed by atoms with Gasteiger partial charge in [-0.05, 0) is 74.4 Å². The molecule has 4 heterocycles. The van der Waals surface area contributed by atoms with Gasteiger partial charge in [0.2, 0.25) is 5.88 Å². The number of phenolic OH excluding ortho intramolecular Hbond substituents is 1. The summed E-state index contributed by atoms with van der Waals surface area (Å²) >= 11 is 0. The first kappa shape index (κ1) is 26.8. The molecule has 4 aliphatic rings. The van der Waals surface area contributed by atoms with Crippen molar-refractivity contribution in [3.8, 4) is 23.6 Å². The number of nitrogens with zero attached hydrogens (tertiary/aromatic N) is 3. The Morgan fingerprint density at radius 3 is 2.90 bits per heavy atom. The number of phenols is 1. The number of nitrogens with one attached hydrogen (secondary N) is 2. The molecule has 0 bridgehead atoms. The van der Waals surface area contributed by atoms with Gasteiger partial charge in [0, 0.05) is 24.4 Å². The lowest BCUT2D eigenvalue weighted by molar-refractivity contribution is 0.107. The predicted molar refractivity (Wildman–Crippen MR) is 155 cm³/mol. The standard InChI is InChI=1S/C32H33F2N5O3/c1-3-5-22-24(34)9-6-18-12-21(40)13-23(27(18)22)25-14-26-28(30(36-25)41-2)29(35-20-7-8-20)38-31(37-26)42-17-32-10-4-11-39(32)16-19(33)15-32/h6,9,12-14,19-20,25,36,40H,4,7-8,10-11,15-17H2,1-2H3,(H,35,37,38)/t19-,25?,32+/m1/s1. The summed E-state index contributed by atoms with van der Waals surface area (Å²) in [5, 5.41) is 20.0. The lowest BCUT2D eigenvalue weighted by Crippen LogP contribution is -2.45. The van der Waals surface area contributed by atoms with Crippen LogP contribution in [0.3, 0.4) is 0 Å². The van der Waals surface area contributed by atoms with Crippen LogP contribution in [-0.4, -0.2) is 64.5 Å². The summed E-state index contributed by atoms with van der Waals surface area (Å²) in [6.07, 6.45) is 5.48. The van der Waals surface area contributed by atoms with Gasteiger partial charge in [0.15, 0.2) is 0 Å². The van der Waals surface area contributed by atoms with Crippen LogP contribution in [0.4, 0.5) is 14.6 Å². The van der Waals surface area contributed by atoms with Crippen LogP contribution in [0.2, 0.25) is 0 Å². The van der Waals surface area contributed by atoms with Crippen LogP contribution in [0.5, 0.6) is 11.8 Å². The molecule has 3 fully saturated rings. The summed E-state index contributed by atoms with van der Waals surface area (Å²) in [4.78, 5) is 11.7. The van der Waals surface area contributed by atoms with E-state index in [9.17, 15) is 9.50 Å². The summed E-state index contributed by atoms with van der Waals surface area (Å²) in [6.45, 7) is 3.29. The molecule has 0 spiro atoms. The Morgan fingerprint density at radius 2 is 2.12 bits per heavy atom. The maximum atomic E-state index is 15.0. The predicted octanol–water partition coefficient (Wildman–Crippen LogP) is 3.21. The number of alkyl halides is 1. The molecular formula is C32H33F2N5O3. The maximum absolute atomic E-state index is 15.0. The molecule has 1 aliphatic carbocycles. The minimum Gasteiger partial charge on any atom is -0.508 e. The lowest BCUT2D eigenvalue weighted by Gasteiger charge is -2.31. The van der Waals surface area contributed by atoms with Crippen LogP contribution in [0.1, 0.15) is 56.2 Å². The first-order valence-electron chi connectivity index (χ1n) is 14.5. The average molecular weight is 574 g/mol. The molecule has 0 amide bonds. The van der Waals surface area contributed by atoms with E-state index in [-0.39, 0.29) is 22.9 Å². The van der Waals surface area contributed by atoms with Crippen molar-refractivity contribution in [2.45, 2.75) is 62.8 Å². The number of hydrogen-bond donors (Lipinski definition) is 3. The summed E-state index contributed by atoms with van der Waals surface area (Å²) < 4.78 is 41.4. The highest BCUT2D eigenvalue weighted by Gasteiger charge is 2.49. The van der Waals surface area contributed by atoms with Gasteiger partial charge in [-0.25, -0.2) is 8.78 Å². The largest absolute Gasteiger partial charge is 0.508 e. The lowest BCUT2D eigenvalue weighted by atomic mass is 9.93. The van der Waals surface area contributed by atoms with Gasteiger partial charge in [-0.1, -0.05) is 12.0 Å². The summed E-state index contributed by atoms with van der Waals surface area (Å²) in [5.41, 5.74) is 0.554.